The van der Waals surface area contributed by atoms with E-state index in [0.717, 1.165) is 0 Å². The number of rotatable bonds is 0. The van der Waals surface area contributed by atoms with Crippen molar-refractivity contribution in [2.45, 2.75) is 0 Å². The summed E-state index contributed by atoms with van der Waals surface area (Å²) in [4.78, 5) is 0. The highest BCUT2D eigenvalue weighted by atomic mass is 35.5. The Morgan fingerprint density at radius 3 is 2.86 bits per heavy atom. The second kappa shape index (κ2) is 2.28. The van der Waals surface area contributed by atoms with Gasteiger partial charge in [-0.3, -0.25) is 0 Å². The van der Waals surface area contributed by atoms with E-state index in [1.54, 1.807) is 6.08 Å². The second-order valence-corrected chi connectivity index (χ2v) is 1.98. The van der Waals surface area contributed by atoms with E-state index in [1.807, 2.05) is 11.5 Å². The monoisotopic (exact) mass is 134 g/mol. The van der Waals surface area contributed by atoms with Gasteiger partial charge in [0.2, 0.25) is 5.22 Å². The van der Waals surface area contributed by atoms with E-state index in [0.29, 0.717) is 5.22 Å². The fourth-order valence-corrected chi connectivity index (χ4v) is 0.776. The quantitative estimate of drug-likeness (QED) is 0.470. The SMILES string of the molecule is ClC1=CC=CSO1. The molecule has 0 N–H and O–H groups in total. The normalized spacial score (nSPS) is 18.1. The molecule has 0 spiro atoms. The molecule has 0 saturated heterocycles. The lowest BCUT2D eigenvalue weighted by Gasteiger charge is -1.98. The van der Waals surface area contributed by atoms with Gasteiger partial charge in [-0.25, -0.2) is 0 Å². The third-order valence-corrected chi connectivity index (χ3v) is 1.33. The zero-order valence-electron chi connectivity index (χ0n) is 3.43. The predicted molar refractivity (Wildman–Crippen MR) is 31.8 cm³/mol. The van der Waals surface area contributed by atoms with E-state index in [1.165, 1.54) is 12.0 Å². The van der Waals surface area contributed by atoms with Crippen molar-refractivity contribution in [3.8, 4) is 0 Å². The van der Waals surface area contributed by atoms with Crippen molar-refractivity contribution < 1.29 is 4.18 Å². The number of halogens is 1. The summed E-state index contributed by atoms with van der Waals surface area (Å²) in [6, 6.07) is 0. The van der Waals surface area contributed by atoms with E-state index in [2.05, 4.69) is 0 Å². The van der Waals surface area contributed by atoms with Crippen LogP contribution in [0.25, 0.3) is 0 Å². The summed E-state index contributed by atoms with van der Waals surface area (Å²) >= 11 is 6.61. The molecule has 38 valence electrons. The van der Waals surface area contributed by atoms with Gasteiger partial charge in [0.25, 0.3) is 0 Å². The van der Waals surface area contributed by atoms with Crippen molar-refractivity contribution in [2.75, 3.05) is 0 Å². The van der Waals surface area contributed by atoms with Crippen LogP contribution < -0.4 is 0 Å². The molecule has 1 aliphatic rings. The van der Waals surface area contributed by atoms with Crippen molar-refractivity contribution in [3.63, 3.8) is 0 Å². The van der Waals surface area contributed by atoms with Gasteiger partial charge in [-0.05, 0) is 23.8 Å². The maximum Gasteiger partial charge on any atom is 0.204 e. The van der Waals surface area contributed by atoms with Crippen LogP contribution in [0.15, 0.2) is 22.8 Å². The van der Waals surface area contributed by atoms with Crippen LogP contribution in [0.5, 0.6) is 0 Å². The minimum Gasteiger partial charge on any atom is -0.409 e. The summed E-state index contributed by atoms with van der Waals surface area (Å²) in [5.41, 5.74) is 0. The molecule has 1 rings (SSSR count). The Balaban J connectivity index is 2.57. The minimum atomic E-state index is 0.438. The van der Waals surface area contributed by atoms with E-state index in [4.69, 9.17) is 15.8 Å². The van der Waals surface area contributed by atoms with Gasteiger partial charge in [-0.1, -0.05) is 0 Å². The van der Waals surface area contributed by atoms with Crippen LogP contribution in [-0.4, -0.2) is 0 Å². The highest BCUT2D eigenvalue weighted by Crippen LogP contribution is 2.19. The smallest absolute Gasteiger partial charge is 0.204 e. The Labute approximate surface area is 51.2 Å². The first-order chi connectivity index (χ1) is 3.39. The van der Waals surface area contributed by atoms with Crippen LogP contribution in [0, 0.1) is 0 Å². The fraction of sp³-hybridized carbons (Fsp3) is 0. The lowest BCUT2D eigenvalue weighted by Crippen LogP contribution is -1.73. The van der Waals surface area contributed by atoms with E-state index < -0.39 is 0 Å². The molecule has 0 fully saturated rings. The highest BCUT2D eigenvalue weighted by molar-refractivity contribution is 7.97. The molecule has 0 amide bonds. The molecule has 7 heavy (non-hydrogen) atoms. The molecule has 1 aliphatic heterocycles. The molecule has 0 aromatic carbocycles. The van der Waals surface area contributed by atoms with E-state index in [-0.39, 0.29) is 0 Å². The molecule has 1 nitrogen and oxygen atoms in total. The van der Waals surface area contributed by atoms with Crippen molar-refractivity contribution in [1.82, 2.24) is 0 Å². The standard InChI is InChI=1S/C4H3ClOS/c5-4-2-1-3-7-6-4/h1-3H. The second-order valence-electron chi connectivity index (χ2n) is 0.979. The van der Waals surface area contributed by atoms with Gasteiger partial charge in [0.05, 0.1) is 12.0 Å². The molecule has 1 heterocycles. The summed E-state index contributed by atoms with van der Waals surface area (Å²) in [5, 5.41) is 2.25. The van der Waals surface area contributed by atoms with Crippen LogP contribution >= 0.6 is 23.6 Å². The molecule has 0 aromatic rings. The lowest BCUT2D eigenvalue weighted by molar-refractivity contribution is 0.547. The van der Waals surface area contributed by atoms with Gasteiger partial charge in [-0.2, -0.15) is 0 Å². The zero-order chi connectivity index (χ0) is 5.11. The summed E-state index contributed by atoms with van der Waals surface area (Å²) < 4.78 is 4.73. The third-order valence-electron chi connectivity index (χ3n) is 0.489. The summed E-state index contributed by atoms with van der Waals surface area (Å²) in [6.45, 7) is 0. The first-order valence-corrected chi connectivity index (χ1v) is 2.93. The Hall–Kier alpha value is -0.0800. The number of allylic oxidation sites excluding steroid dienone is 2. The Bertz CT molecular complexity index is 119. The number of hydrogen-bond acceptors (Lipinski definition) is 2. The molecule has 0 unspecified atom stereocenters. The van der Waals surface area contributed by atoms with Gasteiger partial charge in [0.15, 0.2) is 0 Å². The van der Waals surface area contributed by atoms with E-state index >= 15 is 0 Å². The van der Waals surface area contributed by atoms with Crippen LogP contribution in [0.1, 0.15) is 0 Å². The molecular weight excluding hydrogens is 132 g/mol. The van der Waals surface area contributed by atoms with Crippen LogP contribution in [-0.2, 0) is 4.18 Å². The molecule has 0 radical (unpaired) electrons. The average molecular weight is 135 g/mol. The third kappa shape index (κ3) is 1.45. The fourth-order valence-electron chi connectivity index (χ4n) is 0.249. The van der Waals surface area contributed by atoms with Crippen LogP contribution in [0.4, 0.5) is 0 Å². The minimum absolute atomic E-state index is 0.438. The Morgan fingerprint density at radius 2 is 2.57 bits per heavy atom. The first kappa shape index (κ1) is 5.06. The highest BCUT2D eigenvalue weighted by Gasteiger charge is 1.92. The maximum absolute atomic E-state index is 5.38. The average Bonchev–Trinajstić information content (AvgIpc) is 1.69. The maximum atomic E-state index is 5.38. The molecule has 0 aromatic heterocycles. The molecular formula is C4H3ClOS. The van der Waals surface area contributed by atoms with Crippen molar-refractivity contribution >= 4 is 23.6 Å². The van der Waals surface area contributed by atoms with Crippen LogP contribution in [0.2, 0.25) is 0 Å². The van der Waals surface area contributed by atoms with E-state index in [9.17, 15) is 0 Å². The molecule has 3 heteroatoms. The van der Waals surface area contributed by atoms with Crippen molar-refractivity contribution in [2.24, 2.45) is 0 Å². The zero-order valence-corrected chi connectivity index (χ0v) is 5.00. The van der Waals surface area contributed by atoms with Crippen LogP contribution in [0.3, 0.4) is 0 Å². The van der Waals surface area contributed by atoms with Gasteiger partial charge in [0.1, 0.15) is 0 Å². The lowest BCUT2D eigenvalue weighted by atomic mass is 10.6. The van der Waals surface area contributed by atoms with Crippen molar-refractivity contribution in [3.05, 3.63) is 22.8 Å². The largest absolute Gasteiger partial charge is 0.409 e. The molecule has 0 atom stereocenters. The molecule has 0 aliphatic carbocycles. The Morgan fingerprint density at radius 1 is 1.71 bits per heavy atom. The van der Waals surface area contributed by atoms with Gasteiger partial charge < -0.3 is 4.18 Å². The van der Waals surface area contributed by atoms with Gasteiger partial charge in [-0.15, -0.1) is 0 Å². The van der Waals surface area contributed by atoms with Crippen molar-refractivity contribution in [1.29, 1.82) is 0 Å². The summed E-state index contributed by atoms with van der Waals surface area (Å²) in [5.74, 6) is 0. The summed E-state index contributed by atoms with van der Waals surface area (Å²) in [6.07, 6.45) is 3.52. The predicted octanol–water partition coefficient (Wildman–Crippen LogP) is 2.26. The first-order valence-electron chi connectivity index (χ1n) is 1.75. The number of hydrogen-bond donors (Lipinski definition) is 0. The molecule has 0 bridgehead atoms. The summed E-state index contributed by atoms with van der Waals surface area (Å²) in [7, 11) is 0. The van der Waals surface area contributed by atoms with Gasteiger partial charge >= 0.3 is 0 Å². The van der Waals surface area contributed by atoms with Gasteiger partial charge in [0, 0.05) is 5.41 Å². The topological polar surface area (TPSA) is 9.23 Å². The Kier molecular flexibility index (Phi) is 1.65. The molecule has 0 saturated carbocycles.